The van der Waals surface area contributed by atoms with Crippen molar-refractivity contribution in [3.8, 4) is 6.07 Å². The first kappa shape index (κ1) is 11.2. The van der Waals surface area contributed by atoms with Gasteiger partial charge in [-0.25, -0.2) is 0 Å². The Bertz CT molecular complexity index is 148. The van der Waals surface area contributed by atoms with Gasteiger partial charge in [-0.1, -0.05) is 0 Å². The molecule has 0 spiro atoms. The van der Waals surface area contributed by atoms with Crippen molar-refractivity contribution in [1.82, 2.24) is 5.32 Å². The molecule has 0 fully saturated rings. The molecule has 0 aliphatic heterocycles. The molecule has 1 N–H and O–H groups in total. The summed E-state index contributed by atoms with van der Waals surface area (Å²) in [5.41, 5.74) is 0. The fourth-order valence-electron chi connectivity index (χ4n) is 0.684. The Labute approximate surface area is 69.4 Å². The third-order valence-electron chi connectivity index (χ3n) is 1.22. The second-order valence-corrected chi connectivity index (χ2v) is 2.41. The first-order chi connectivity index (χ1) is 5.56. The van der Waals surface area contributed by atoms with E-state index in [1.165, 1.54) is 0 Å². The van der Waals surface area contributed by atoms with Crippen molar-refractivity contribution in [2.24, 2.45) is 0 Å². The molecule has 0 bridgehead atoms. The molecule has 0 aliphatic carbocycles. The Kier molecular flexibility index (Phi) is 5.47. The molecule has 0 heterocycles. The van der Waals surface area contributed by atoms with Crippen molar-refractivity contribution in [2.45, 2.75) is 25.4 Å². The predicted molar refractivity (Wildman–Crippen MR) is 38.4 cm³/mol. The molecule has 0 aromatic carbocycles. The van der Waals surface area contributed by atoms with E-state index >= 15 is 0 Å². The van der Waals surface area contributed by atoms with Crippen molar-refractivity contribution >= 4 is 0 Å². The number of nitriles is 1. The zero-order valence-corrected chi connectivity index (χ0v) is 6.62. The van der Waals surface area contributed by atoms with Crippen molar-refractivity contribution < 1.29 is 13.2 Å². The number of rotatable bonds is 5. The fourth-order valence-corrected chi connectivity index (χ4v) is 0.684. The van der Waals surface area contributed by atoms with Crippen LogP contribution >= 0.6 is 0 Å². The molecule has 0 saturated heterocycles. The lowest BCUT2D eigenvalue weighted by Gasteiger charge is -2.06. The molecule has 0 aromatic rings. The van der Waals surface area contributed by atoms with E-state index in [2.05, 4.69) is 5.32 Å². The van der Waals surface area contributed by atoms with Crippen LogP contribution in [0.3, 0.4) is 0 Å². The number of nitrogens with zero attached hydrogens (tertiary/aromatic N) is 1. The number of nitrogens with one attached hydrogen (secondary N) is 1. The molecule has 0 unspecified atom stereocenters. The lowest BCUT2D eigenvalue weighted by molar-refractivity contribution is -0.124. The van der Waals surface area contributed by atoms with Gasteiger partial charge in [-0.15, -0.1) is 0 Å². The van der Waals surface area contributed by atoms with Gasteiger partial charge in [0.1, 0.15) is 0 Å². The Hall–Kier alpha value is -0.760. The van der Waals surface area contributed by atoms with Gasteiger partial charge < -0.3 is 5.32 Å². The van der Waals surface area contributed by atoms with Crippen LogP contribution < -0.4 is 5.32 Å². The number of halogens is 3. The molecular weight excluding hydrogens is 169 g/mol. The van der Waals surface area contributed by atoms with Crippen LogP contribution in [-0.4, -0.2) is 19.3 Å². The maximum absolute atomic E-state index is 11.5. The number of unbranched alkanes of at least 4 members (excludes halogenated alkanes) is 2. The SMILES string of the molecule is N#CCCCCNCC(F)(F)F. The highest BCUT2D eigenvalue weighted by molar-refractivity contribution is 4.68. The van der Waals surface area contributed by atoms with Gasteiger partial charge in [0.25, 0.3) is 0 Å². The van der Waals surface area contributed by atoms with E-state index < -0.39 is 12.7 Å². The minimum absolute atomic E-state index is 0.321. The summed E-state index contributed by atoms with van der Waals surface area (Å²) in [6.45, 7) is -0.624. The molecular formula is C7H11F3N2. The Balaban J connectivity index is 3.07. The van der Waals surface area contributed by atoms with E-state index in [0.29, 0.717) is 25.8 Å². The quantitative estimate of drug-likeness (QED) is 0.655. The van der Waals surface area contributed by atoms with E-state index in [1.54, 1.807) is 0 Å². The second-order valence-electron chi connectivity index (χ2n) is 2.41. The summed E-state index contributed by atoms with van der Waals surface area (Å²) in [4.78, 5) is 0. The third kappa shape index (κ3) is 9.24. The van der Waals surface area contributed by atoms with Crippen LogP contribution in [0.4, 0.5) is 13.2 Å². The zero-order chi connectivity index (χ0) is 9.45. The van der Waals surface area contributed by atoms with Crippen LogP contribution in [0.5, 0.6) is 0 Å². The lowest BCUT2D eigenvalue weighted by Crippen LogP contribution is -2.29. The summed E-state index contributed by atoms with van der Waals surface area (Å²) in [5.74, 6) is 0. The molecule has 2 nitrogen and oxygen atoms in total. The van der Waals surface area contributed by atoms with E-state index in [9.17, 15) is 13.2 Å². The average Bonchev–Trinajstić information content (AvgIpc) is 1.94. The van der Waals surface area contributed by atoms with Gasteiger partial charge in [0.15, 0.2) is 0 Å². The fraction of sp³-hybridized carbons (Fsp3) is 0.857. The first-order valence-corrected chi connectivity index (χ1v) is 3.70. The molecule has 70 valence electrons. The number of hydrogen-bond acceptors (Lipinski definition) is 2. The summed E-state index contributed by atoms with van der Waals surface area (Å²) in [6, 6.07) is 1.92. The average molecular weight is 180 g/mol. The largest absolute Gasteiger partial charge is 0.401 e. The van der Waals surface area contributed by atoms with Crippen LogP contribution in [0.1, 0.15) is 19.3 Å². The van der Waals surface area contributed by atoms with Crippen molar-refractivity contribution in [3.05, 3.63) is 0 Å². The number of hydrogen-bond donors (Lipinski definition) is 1. The maximum atomic E-state index is 11.5. The molecule has 0 radical (unpaired) electrons. The summed E-state index contributed by atoms with van der Waals surface area (Å²) in [5, 5.41) is 10.4. The Morgan fingerprint density at radius 3 is 2.42 bits per heavy atom. The van der Waals surface area contributed by atoms with Crippen molar-refractivity contribution in [1.29, 1.82) is 5.26 Å². The standard InChI is InChI=1S/C7H11F3N2/c8-7(9,10)6-12-5-3-1-2-4-11/h12H,1-3,5-6H2. The molecule has 0 aliphatic rings. The van der Waals surface area contributed by atoms with Crippen molar-refractivity contribution in [3.63, 3.8) is 0 Å². The van der Waals surface area contributed by atoms with E-state index in [1.807, 2.05) is 6.07 Å². The second kappa shape index (κ2) is 5.84. The van der Waals surface area contributed by atoms with E-state index in [4.69, 9.17) is 5.26 Å². The zero-order valence-electron chi connectivity index (χ0n) is 6.62. The van der Waals surface area contributed by atoms with Gasteiger partial charge in [0.05, 0.1) is 12.6 Å². The number of alkyl halides is 3. The normalized spacial score (nSPS) is 11.2. The van der Waals surface area contributed by atoms with Gasteiger partial charge in [-0.05, 0) is 19.4 Å². The summed E-state index contributed by atoms with van der Waals surface area (Å²) >= 11 is 0. The molecule has 0 rings (SSSR count). The first-order valence-electron chi connectivity index (χ1n) is 3.70. The van der Waals surface area contributed by atoms with Crippen LogP contribution in [-0.2, 0) is 0 Å². The molecule has 0 aromatic heterocycles. The topological polar surface area (TPSA) is 35.8 Å². The molecule has 5 heteroatoms. The Morgan fingerprint density at radius 2 is 1.92 bits per heavy atom. The van der Waals surface area contributed by atoms with Gasteiger partial charge in [-0.2, -0.15) is 18.4 Å². The molecule has 0 atom stereocenters. The van der Waals surface area contributed by atoms with Gasteiger partial charge >= 0.3 is 6.18 Å². The Morgan fingerprint density at radius 1 is 1.25 bits per heavy atom. The van der Waals surface area contributed by atoms with Gasteiger partial charge in [-0.3, -0.25) is 0 Å². The van der Waals surface area contributed by atoms with Crippen LogP contribution in [0.15, 0.2) is 0 Å². The van der Waals surface area contributed by atoms with Crippen molar-refractivity contribution in [2.75, 3.05) is 13.1 Å². The molecule has 0 saturated carbocycles. The monoisotopic (exact) mass is 180 g/mol. The summed E-state index contributed by atoms with van der Waals surface area (Å²) < 4.78 is 34.5. The highest BCUT2D eigenvalue weighted by atomic mass is 19.4. The lowest BCUT2D eigenvalue weighted by atomic mass is 10.2. The molecule has 0 amide bonds. The summed E-state index contributed by atoms with van der Waals surface area (Å²) in [7, 11) is 0. The highest BCUT2D eigenvalue weighted by Gasteiger charge is 2.25. The third-order valence-corrected chi connectivity index (χ3v) is 1.22. The van der Waals surface area contributed by atoms with Gasteiger partial charge in [0.2, 0.25) is 0 Å². The van der Waals surface area contributed by atoms with Gasteiger partial charge in [0, 0.05) is 6.42 Å². The minimum atomic E-state index is -4.13. The van der Waals surface area contributed by atoms with Crippen LogP contribution in [0, 0.1) is 11.3 Å². The highest BCUT2D eigenvalue weighted by Crippen LogP contribution is 2.11. The minimum Gasteiger partial charge on any atom is -0.309 e. The predicted octanol–water partition coefficient (Wildman–Crippen LogP) is 1.83. The van der Waals surface area contributed by atoms with Crippen LogP contribution in [0.25, 0.3) is 0 Å². The summed E-state index contributed by atoms with van der Waals surface area (Å²) in [6.07, 6.45) is -2.45. The van der Waals surface area contributed by atoms with Crippen LogP contribution in [0.2, 0.25) is 0 Å². The smallest absolute Gasteiger partial charge is 0.309 e. The molecule has 12 heavy (non-hydrogen) atoms. The van der Waals surface area contributed by atoms with E-state index in [-0.39, 0.29) is 0 Å². The van der Waals surface area contributed by atoms with E-state index in [0.717, 1.165) is 0 Å². The maximum Gasteiger partial charge on any atom is 0.401 e.